The van der Waals surface area contributed by atoms with Gasteiger partial charge in [-0.25, -0.2) is 0 Å². The molecule has 0 spiro atoms. The first-order valence-corrected chi connectivity index (χ1v) is 8.10. The molecule has 2 rings (SSSR count). The topological polar surface area (TPSA) is 32.7 Å². The third-order valence-electron chi connectivity index (χ3n) is 4.58. The molecule has 1 aromatic carbocycles. The number of hydrogen-bond acceptors (Lipinski definition) is 3. The number of piperidine rings is 1. The summed E-state index contributed by atoms with van der Waals surface area (Å²) in [5.74, 6) is 0.901. The highest BCUT2D eigenvalue weighted by atomic mass is 16.5. The van der Waals surface area contributed by atoms with Crippen LogP contribution in [-0.4, -0.2) is 41.8 Å². The zero-order chi connectivity index (χ0) is 15.4. The van der Waals surface area contributed by atoms with Gasteiger partial charge in [0.2, 0.25) is 0 Å². The first-order chi connectivity index (χ1) is 9.97. The van der Waals surface area contributed by atoms with Crippen molar-refractivity contribution in [1.82, 2.24) is 4.90 Å². The van der Waals surface area contributed by atoms with Crippen molar-refractivity contribution >= 4 is 0 Å². The number of rotatable bonds is 5. The molecule has 1 heterocycles. The van der Waals surface area contributed by atoms with E-state index in [0.29, 0.717) is 19.2 Å². The normalized spacial score (nSPS) is 21.3. The van der Waals surface area contributed by atoms with Gasteiger partial charge in [-0.2, -0.15) is 0 Å². The molecule has 0 bridgehead atoms. The van der Waals surface area contributed by atoms with Crippen LogP contribution >= 0.6 is 0 Å². The molecule has 3 nitrogen and oxygen atoms in total. The number of aliphatic hydroxyl groups excluding tert-OH is 1. The van der Waals surface area contributed by atoms with Gasteiger partial charge in [-0.05, 0) is 69.8 Å². The first kappa shape index (κ1) is 16.3. The third kappa shape index (κ3) is 4.45. The SMILES string of the molecule is Cc1cc(C)c(C)c(OC[C@H](O)CN2CCCC[C@@H]2C)c1. The van der Waals surface area contributed by atoms with Crippen molar-refractivity contribution in [3.63, 3.8) is 0 Å². The van der Waals surface area contributed by atoms with Gasteiger partial charge in [0.1, 0.15) is 18.5 Å². The molecule has 3 heteroatoms. The van der Waals surface area contributed by atoms with Gasteiger partial charge in [-0.1, -0.05) is 12.5 Å². The lowest BCUT2D eigenvalue weighted by Gasteiger charge is -2.34. The van der Waals surface area contributed by atoms with Crippen LogP contribution in [0.2, 0.25) is 0 Å². The molecule has 0 saturated carbocycles. The Morgan fingerprint density at radius 1 is 1.29 bits per heavy atom. The van der Waals surface area contributed by atoms with E-state index in [9.17, 15) is 5.11 Å². The summed E-state index contributed by atoms with van der Waals surface area (Å²) in [6.07, 6.45) is 3.37. The Morgan fingerprint density at radius 2 is 2.05 bits per heavy atom. The van der Waals surface area contributed by atoms with E-state index >= 15 is 0 Å². The lowest BCUT2D eigenvalue weighted by Crippen LogP contribution is -2.43. The van der Waals surface area contributed by atoms with Gasteiger partial charge in [0, 0.05) is 12.6 Å². The fraction of sp³-hybridized carbons (Fsp3) is 0.667. The molecular weight excluding hydrogens is 262 g/mol. The fourth-order valence-corrected chi connectivity index (χ4v) is 3.09. The summed E-state index contributed by atoms with van der Waals surface area (Å²) in [4.78, 5) is 2.38. The molecule has 118 valence electrons. The number of β-amino-alcohol motifs (C(OH)–C–C–N with tert-alkyl or cyclic N) is 1. The number of aryl methyl sites for hydroxylation is 2. The van der Waals surface area contributed by atoms with Crippen LogP contribution in [0.3, 0.4) is 0 Å². The molecule has 1 fully saturated rings. The lowest BCUT2D eigenvalue weighted by atomic mass is 10.0. The smallest absolute Gasteiger partial charge is 0.122 e. The average molecular weight is 291 g/mol. The van der Waals surface area contributed by atoms with Gasteiger partial charge >= 0.3 is 0 Å². The summed E-state index contributed by atoms with van der Waals surface area (Å²) in [6, 6.07) is 4.79. The van der Waals surface area contributed by atoms with E-state index in [2.05, 4.69) is 44.7 Å². The average Bonchev–Trinajstić information content (AvgIpc) is 2.44. The number of aliphatic hydroxyl groups is 1. The summed E-state index contributed by atoms with van der Waals surface area (Å²) >= 11 is 0. The number of benzene rings is 1. The molecule has 0 aromatic heterocycles. The maximum atomic E-state index is 10.2. The predicted octanol–water partition coefficient (Wildman–Crippen LogP) is 3.23. The van der Waals surface area contributed by atoms with Crippen molar-refractivity contribution in [2.24, 2.45) is 0 Å². The Kier molecular flexibility index (Phi) is 5.65. The van der Waals surface area contributed by atoms with Crippen molar-refractivity contribution in [2.45, 2.75) is 59.1 Å². The second-order valence-electron chi connectivity index (χ2n) is 6.51. The van der Waals surface area contributed by atoms with E-state index in [0.717, 1.165) is 12.3 Å². The summed E-state index contributed by atoms with van der Waals surface area (Å²) in [5, 5.41) is 10.2. The summed E-state index contributed by atoms with van der Waals surface area (Å²) < 4.78 is 5.86. The van der Waals surface area contributed by atoms with Crippen molar-refractivity contribution in [2.75, 3.05) is 19.7 Å². The molecule has 0 unspecified atom stereocenters. The minimum atomic E-state index is -0.425. The number of hydrogen-bond donors (Lipinski definition) is 1. The van der Waals surface area contributed by atoms with E-state index in [1.54, 1.807) is 0 Å². The molecule has 1 aliphatic rings. The zero-order valence-electron chi connectivity index (χ0n) is 13.9. The van der Waals surface area contributed by atoms with Gasteiger partial charge in [0.25, 0.3) is 0 Å². The Labute approximate surface area is 128 Å². The minimum Gasteiger partial charge on any atom is -0.491 e. The summed E-state index contributed by atoms with van der Waals surface area (Å²) in [7, 11) is 0. The van der Waals surface area contributed by atoms with Gasteiger partial charge in [-0.3, -0.25) is 4.90 Å². The highest BCUT2D eigenvalue weighted by Gasteiger charge is 2.21. The third-order valence-corrected chi connectivity index (χ3v) is 4.58. The minimum absolute atomic E-state index is 0.368. The van der Waals surface area contributed by atoms with Crippen LogP contribution in [-0.2, 0) is 0 Å². The van der Waals surface area contributed by atoms with E-state index in [-0.39, 0.29) is 0 Å². The number of nitrogens with zero attached hydrogens (tertiary/aromatic N) is 1. The quantitative estimate of drug-likeness (QED) is 0.904. The molecule has 2 atom stereocenters. The molecular formula is C18H29NO2. The van der Waals surface area contributed by atoms with E-state index in [1.807, 2.05) is 0 Å². The Bertz CT molecular complexity index is 473. The predicted molar refractivity (Wildman–Crippen MR) is 87.0 cm³/mol. The summed E-state index contributed by atoms with van der Waals surface area (Å²) in [5.41, 5.74) is 3.61. The molecule has 0 amide bonds. The molecule has 1 saturated heterocycles. The van der Waals surface area contributed by atoms with Crippen molar-refractivity contribution < 1.29 is 9.84 Å². The van der Waals surface area contributed by atoms with Gasteiger partial charge in [0.05, 0.1) is 0 Å². The number of ether oxygens (including phenoxy) is 1. The van der Waals surface area contributed by atoms with E-state index in [4.69, 9.17) is 4.74 Å². The van der Waals surface area contributed by atoms with E-state index < -0.39 is 6.10 Å². The Morgan fingerprint density at radius 3 is 2.76 bits per heavy atom. The standard InChI is InChI=1S/C18H29NO2/c1-13-9-14(2)16(4)18(10-13)21-12-17(20)11-19-8-6-5-7-15(19)3/h9-10,15,17,20H,5-8,11-12H2,1-4H3/t15-,17+/m0/s1. The van der Waals surface area contributed by atoms with Crippen LogP contribution in [0.25, 0.3) is 0 Å². The first-order valence-electron chi connectivity index (χ1n) is 8.10. The number of likely N-dealkylation sites (tertiary alicyclic amines) is 1. The molecule has 21 heavy (non-hydrogen) atoms. The second kappa shape index (κ2) is 7.28. The largest absolute Gasteiger partial charge is 0.491 e. The molecule has 1 aliphatic heterocycles. The maximum Gasteiger partial charge on any atom is 0.122 e. The highest BCUT2D eigenvalue weighted by Crippen LogP contribution is 2.23. The van der Waals surface area contributed by atoms with Crippen molar-refractivity contribution in [1.29, 1.82) is 0 Å². The van der Waals surface area contributed by atoms with Crippen LogP contribution in [0.1, 0.15) is 42.9 Å². The van der Waals surface area contributed by atoms with Crippen LogP contribution in [0.5, 0.6) is 5.75 Å². The zero-order valence-corrected chi connectivity index (χ0v) is 13.9. The van der Waals surface area contributed by atoms with Crippen molar-refractivity contribution in [3.05, 3.63) is 28.8 Å². The second-order valence-corrected chi connectivity index (χ2v) is 6.51. The highest BCUT2D eigenvalue weighted by molar-refractivity contribution is 5.41. The van der Waals surface area contributed by atoms with E-state index in [1.165, 1.54) is 36.0 Å². The summed E-state index contributed by atoms with van der Waals surface area (Å²) in [6.45, 7) is 10.7. The molecule has 0 aliphatic carbocycles. The molecule has 1 aromatic rings. The fourth-order valence-electron chi connectivity index (χ4n) is 3.09. The van der Waals surface area contributed by atoms with Crippen LogP contribution in [0.4, 0.5) is 0 Å². The lowest BCUT2D eigenvalue weighted by molar-refractivity contribution is 0.0436. The van der Waals surface area contributed by atoms with Crippen LogP contribution in [0, 0.1) is 20.8 Å². The van der Waals surface area contributed by atoms with Crippen molar-refractivity contribution in [3.8, 4) is 5.75 Å². The maximum absolute atomic E-state index is 10.2. The van der Waals surface area contributed by atoms with Gasteiger partial charge < -0.3 is 9.84 Å². The van der Waals surface area contributed by atoms with Gasteiger partial charge in [0.15, 0.2) is 0 Å². The van der Waals surface area contributed by atoms with Crippen LogP contribution < -0.4 is 4.74 Å². The Balaban J connectivity index is 1.87. The monoisotopic (exact) mass is 291 g/mol. The molecule has 0 radical (unpaired) electrons. The van der Waals surface area contributed by atoms with Crippen LogP contribution in [0.15, 0.2) is 12.1 Å². The van der Waals surface area contributed by atoms with Gasteiger partial charge in [-0.15, -0.1) is 0 Å². The molecule has 1 N–H and O–H groups in total. The Hall–Kier alpha value is -1.06.